The summed E-state index contributed by atoms with van der Waals surface area (Å²) < 4.78 is 5.47. The van der Waals surface area contributed by atoms with Gasteiger partial charge in [-0.25, -0.2) is 4.79 Å². The van der Waals surface area contributed by atoms with Crippen LogP contribution in [0.5, 0.6) is 0 Å². The van der Waals surface area contributed by atoms with Crippen LogP contribution in [-0.2, 0) is 14.3 Å². The third-order valence-electron chi connectivity index (χ3n) is 5.59. The molecule has 0 bridgehead atoms. The van der Waals surface area contributed by atoms with Gasteiger partial charge < -0.3 is 20.1 Å². The van der Waals surface area contributed by atoms with Crippen LogP contribution in [0.25, 0.3) is 11.1 Å². The van der Waals surface area contributed by atoms with E-state index in [1.807, 2.05) is 45.0 Å². The largest absolute Gasteiger partial charge is 0.481 e. The number of alkyl carbamates (subject to hydrolysis) is 1. The highest BCUT2D eigenvalue weighted by molar-refractivity contribution is 5.88. The van der Waals surface area contributed by atoms with E-state index in [0.29, 0.717) is 0 Å². The van der Waals surface area contributed by atoms with Gasteiger partial charge in [-0.05, 0) is 43.0 Å². The lowest BCUT2D eigenvalue weighted by Crippen LogP contribution is -2.46. The number of hydrogen-bond acceptors (Lipinski definition) is 4. The number of carboxylic acid groups (broad SMARTS) is 1. The van der Waals surface area contributed by atoms with Crippen LogP contribution in [0, 0.1) is 0 Å². The molecule has 0 aliphatic heterocycles. The maximum absolute atomic E-state index is 12.5. The van der Waals surface area contributed by atoms with Crippen molar-refractivity contribution in [3.8, 4) is 11.1 Å². The summed E-state index contributed by atoms with van der Waals surface area (Å²) in [7, 11) is 0. The Morgan fingerprint density at radius 2 is 1.61 bits per heavy atom. The maximum Gasteiger partial charge on any atom is 0.407 e. The van der Waals surface area contributed by atoms with Crippen molar-refractivity contribution in [3.63, 3.8) is 0 Å². The lowest BCUT2D eigenvalue weighted by molar-refractivity contribution is -0.139. The Kier molecular flexibility index (Phi) is 7.53. The number of amides is 2. The second-order valence-electron chi connectivity index (χ2n) is 8.91. The molecule has 0 spiro atoms. The number of nitrogens with one attached hydrogen (secondary N) is 1. The van der Waals surface area contributed by atoms with Gasteiger partial charge in [-0.2, -0.15) is 0 Å². The van der Waals surface area contributed by atoms with Crippen molar-refractivity contribution < 1.29 is 24.2 Å². The smallest absolute Gasteiger partial charge is 0.407 e. The van der Waals surface area contributed by atoms with E-state index in [1.165, 1.54) is 17.1 Å². The number of carbonyl (C=O) groups excluding carboxylic acids is 2. The molecule has 2 amide bonds. The number of rotatable bonds is 8. The van der Waals surface area contributed by atoms with Crippen molar-refractivity contribution in [2.75, 3.05) is 19.7 Å². The fraction of sp³-hybridized carbons (Fsp3) is 0.346. The molecule has 0 fully saturated rings. The first kappa shape index (κ1) is 24.0. The zero-order valence-electron chi connectivity index (χ0n) is 19.2. The van der Waals surface area contributed by atoms with Crippen LogP contribution in [0.15, 0.2) is 60.7 Å². The van der Waals surface area contributed by atoms with Crippen LogP contribution in [0.4, 0.5) is 4.79 Å². The quantitative estimate of drug-likeness (QED) is 0.588. The summed E-state index contributed by atoms with van der Waals surface area (Å²) in [6.45, 7) is 5.98. The first-order valence-electron chi connectivity index (χ1n) is 11.0. The van der Waals surface area contributed by atoms with Crippen molar-refractivity contribution in [2.45, 2.75) is 38.6 Å². The molecule has 3 rings (SSSR count). The number of nitrogens with zero attached hydrogens (tertiary/aromatic N) is 1. The van der Waals surface area contributed by atoms with Crippen molar-refractivity contribution in [1.29, 1.82) is 0 Å². The van der Waals surface area contributed by atoms with Crippen molar-refractivity contribution in [1.82, 2.24) is 10.2 Å². The van der Waals surface area contributed by atoms with E-state index in [1.54, 1.807) is 0 Å². The molecule has 0 atom stereocenters. The second kappa shape index (κ2) is 10.3. The summed E-state index contributed by atoms with van der Waals surface area (Å²) in [4.78, 5) is 37.0. The van der Waals surface area contributed by atoms with Gasteiger partial charge in [-0.3, -0.25) is 9.59 Å². The number of hydrogen-bond donors (Lipinski definition) is 2. The lowest BCUT2D eigenvalue weighted by atomic mass is 9.98. The van der Waals surface area contributed by atoms with Gasteiger partial charge in [0, 0.05) is 30.6 Å². The summed E-state index contributed by atoms with van der Waals surface area (Å²) in [5.74, 6) is -1.29. The summed E-state index contributed by atoms with van der Waals surface area (Å²) in [5, 5.41) is 11.5. The third kappa shape index (κ3) is 6.00. The van der Waals surface area contributed by atoms with Gasteiger partial charge in [-0.1, -0.05) is 54.6 Å². The number of benzene rings is 2. The van der Waals surface area contributed by atoms with Gasteiger partial charge in [-0.15, -0.1) is 0 Å². The van der Waals surface area contributed by atoms with E-state index in [2.05, 4.69) is 29.6 Å². The summed E-state index contributed by atoms with van der Waals surface area (Å²) in [6.07, 6.45) is 2.18. The van der Waals surface area contributed by atoms with Crippen LogP contribution in [0.3, 0.4) is 0 Å². The van der Waals surface area contributed by atoms with Gasteiger partial charge in [0.1, 0.15) is 6.61 Å². The van der Waals surface area contributed by atoms with E-state index in [-0.39, 0.29) is 37.9 Å². The standard InChI is InChI=1S/C26H30N2O5/c1-26(2,3)28(16-14-24(30)31)23(29)13-8-15-27-25(32)33-17-22-20-11-6-4-9-18(20)19-10-5-7-12-21(19)22/h4-13,22H,14-17H2,1-3H3,(H,27,32)(H,30,31)/b13-8+. The van der Waals surface area contributed by atoms with E-state index in [0.717, 1.165) is 22.3 Å². The average molecular weight is 451 g/mol. The van der Waals surface area contributed by atoms with Crippen molar-refractivity contribution >= 4 is 18.0 Å². The van der Waals surface area contributed by atoms with Gasteiger partial charge in [0.05, 0.1) is 6.42 Å². The van der Waals surface area contributed by atoms with Crippen LogP contribution >= 0.6 is 0 Å². The Labute approximate surface area is 194 Å². The molecule has 0 saturated heterocycles. The minimum atomic E-state index is -0.960. The topological polar surface area (TPSA) is 95.9 Å². The summed E-state index contributed by atoms with van der Waals surface area (Å²) in [6, 6.07) is 16.2. The first-order chi connectivity index (χ1) is 15.7. The molecule has 0 heterocycles. The van der Waals surface area contributed by atoms with Crippen molar-refractivity contribution in [2.24, 2.45) is 0 Å². The van der Waals surface area contributed by atoms with Gasteiger partial charge in [0.15, 0.2) is 0 Å². The third-order valence-corrected chi connectivity index (χ3v) is 5.59. The molecule has 1 aliphatic rings. The number of ether oxygens (including phenoxy) is 1. The highest BCUT2D eigenvalue weighted by atomic mass is 16.5. The molecule has 7 nitrogen and oxygen atoms in total. The highest BCUT2D eigenvalue weighted by Crippen LogP contribution is 2.44. The minimum absolute atomic E-state index is 0.0187. The Bertz CT molecular complexity index is 1010. The number of fused-ring (bicyclic) bond motifs is 3. The molecular formula is C26H30N2O5. The van der Waals surface area contributed by atoms with Crippen LogP contribution < -0.4 is 5.32 Å². The van der Waals surface area contributed by atoms with E-state index < -0.39 is 17.6 Å². The summed E-state index contributed by atoms with van der Waals surface area (Å²) >= 11 is 0. The molecule has 7 heteroatoms. The average Bonchev–Trinajstić information content (AvgIpc) is 3.08. The predicted molar refractivity (Wildman–Crippen MR) is 126 cm³/mol. The van der Waals surface area contributed by atoms with Crippen LogP contribution in [0.1, 0.15) is 44.2 Å². The highest BCUT2D eigenvalue weighted by Gasteiger charge is 2.29. The van der Waals surface area contributed by atoms with Gasteiger partial charge >= 0.3 is 12.1 Å². The number of carboxylic acids is 1. The maximum atomic E-state index is 12.5. The zero-order chi connectivity index (χ0) is 24.0. The van der Waals surface area contributed by atoms with Crippen molar-refractivity contribution in [3.05, 3.63) is 71.8 Å². The Hall–Kier alpha value is -3.61. The van der Waals surface area contributed by atoms with E-state index in [4.69, 9.17) is 9.84 Å². The number of carbonyl (C=O) groups is 3. The second-order valence-corrected chi connectivity index (χ2v) is 8.91. The van der Waals surface area contributed by atoms with Crippen LogP contribution in [0.2, 0.25) is 0 Å². The monoisotopic (exact) mass is 450 g/mol. The van der Waals surface area contributed by atoms with Crippen LogP contribution in [-0.4, -0.2) is 53.2 Å². The summed E-state index contributed by atoms with van der Waals surface area (Å²) in [5.41, 5.74) is 4.09. The lowest BCUT2D eigenvalue weighted by Gasteiger charge is -2.34. The van der Waals surface area contributed by atoms with E-state index >= 15 is 0 Å². The normalized spacial score (nSPS) is 12.8. The fourth-order valence-corrected chi connectivity index (χ4v) is 4.03. The molecule has 33 heavy (non-hydrogen) atoms. The zero-order valence-corrected chi connectivity index (χ0v) is 19.2. The predicted octanol–water partition coefficient (Wildman–Crippen LogP) is 4.18. The Balaban J connectivity index is 1.51. The molecule has 174 valence electrons. The first-order valence-corrected chi connectivity index (χ1v) is 11.0. The molecule has 2 aromatic carbocycles. The molecule has 2 N–H and O–H groups in total. The molecule has 0 saturated carbocycles. The Morgan fingerprint density at radius 3 is 2.15 bits per heavy atom. The Morgan fingerprint density at radius 1 is 1.03 bits per heavy atom. The molecule has 0 unspecified atom stereocenters. The molecule has 2 aromatic rings. The molecule has 0 aromatic heterocycles. The number of aliphatic carboxylic acids is 1. The fourth-order valence-electron chi connectivity index (χ4n) is 4.03. The van der Waals surface area contributed by atoms with E-state index in [9.17, 15) is 14.4 Å². The molecule has 0 radical (unpaired) electrons. The SMILES string of the molecule is CC(C)(C)N(CCC(=O)O)C(=O)/C=C/CNC(=O)OCC1c2ccccc2-c2ccccc21. The van der Waals surface area contributed by atoms with Gasteiger partial charge in [0.25, 0.3) is 0 Å². The van der Waals surface area contributed by atoms with Gasteiger partial charge in [0.2, 0.25) is 5.91 Å². The molecule has 1 aliphatic carbocycles. The minimum Gasteiger partial charge on any atom is -0.481 e. The molecular weight excluding hydrogens is 420 g/mol.